The lowest BCUT2D eigenvalue weighted by Crippen LogP contribution is -2.26. The highest BCUT2D eigenvalue weighted by Gasteiger charge is 2.23. The number of hydrogen-bond acceptors (Lipinski definition) is 5. The van der Waals surface area contributed by atoms with Crippen LogP contribution in [0, 0.1) is 5.82 Å². The average molecular weight is 294 g/mol. The molecule has 1 saturated heterocycles. The molecule has 1 aliphatic rings. The molecule has 1 atom stereocenters. The predicted molar refractivity (Wildman–Crippen MR) is 75.5 cm³/mol. The van der Waals surface area contributed by atoms with Crippen LogP contribution in [0.15, 0.2) is 30.6 Å². The number of hydrogen-bond donors (Lipinski definition) is 1. The molecule has 0 bridgehead atoms. The number of benzene rings is 1. The number of nitrogens with one attached hydrogen (secondary N) is 1. The van der Waals surface area contributed by atoms with Crippen LogP contribution in [0.5, 0.6) is 0 Å². The highest BCUT2D eigenvalue weighted by Crippen LogP contribution is 2.22. The summed E-state index contributed by atoms with van der Waals surface area (Å²) in [5.41, 5.74) is 1.02. The molecule has 20 heavy (non-hydrogen) atoms. The molecule has 2 heterocycles. The first-order chi connectivity index (χ1) is 9.70. The van der Waals surface area contributed by atoms with Gasteiger partial charge in [0.05, 0.1) is 0 Å². The molecule has 1 fully saturated rings. The average Bonchev–Trinajstić information content (AvgIpc) is 2.88. The van der Waals surface area contributed by atoms with Crippen molar-refractivity contribution >= 4 is 23.2 Å². The van der Waals surface area contributed by atoms with E-state index in [4.69, 9.17) is 11.6 Å². The molecule has 0 amide bonds. The van der Waals surface area contributed by atoms with Gasteiger partial charge in [0.1, 0.15) is 12.1 Å². The first kappa shape index (κ1) is 13.1. The van der Waals surface area contributed by atoms with Crippen LogP contribution in [0.2, 0.25) is 5.28 Å². The molecule has 1 unspecified atom stereocenters. The standard InChI is InChI=1S/C13H13ClFN5/c14-12-16-8-17-13(19-12)18-10-5-6-20(7-10)11-3-1-9(15)2-4-11/h1-4,8,10H,5-7H2,(H,16,17,18,19). The SMILES string of the molecule is Fc1ccc(N2CCC(Nc3ncnc(Cl)n3)C2)cc1. The fraction of sp³-hybridized carbons (Fsp3) is 0.308. The summed E-state index contributed by atoms with van der Waals surface area (Å²) in [6, 6.07) is 6.76. The molecule has 0 radical (unpaired) electrons. The van der Waals surface area contributed by atoms with Crippen molar-refractivity contribution in [1.82, 2.24) is 15.0 Å². The molecule has 1 aromatic heterocycles. The lowest BCUT2D eigenvalue weighted by atomic mass is 10.3. The van der Waals surface area contributed by atoms with Gasteiger partial charge >= 0.3 is 0 Å². The molecule has 104 valence electrons. The van der Waals surface area contributed by atoms with Crippen molar-refractivity contribution in [3.8, 4) is 0 Å². The minimum absolute atomic E-state index is 0.177. The smallest absolute Gasteiger partial charge is 0.227 e. The normalized spacial score (nSPS) is 18.3. The quantitative estimate of drug-likeness (QED) is 0.941. The van der Waals surface area contributed by atoms with Gasteiger partial charge in [0.25, 0.3) is 0 Å². The van der Waals surface area contributed by atoms with E-state index in [1.165, 1.54) is 18.5 Å². The van der Waals surface area contributed by atoms with Crippen LogP contribution >= 0.6 is 11.6 Å². The topological polar surface area (TPSA) is 53.9 Å². The molecule has 1 N–H and O–H groups in total. The Morgan fingerprint density at radius 2 is 2.05 bits per heavy atom. The second kappa shape index (κ2) is 5.58. The molecule has 0 saturated carbocycles. The summed E-state index contributed by atoms with van der Waals surface area (Å²) in [7, 11) is 0. The lowest BCUT2D eigenvalue weighted by molar-refractivity contribution is 0.627. The minimum atomic E-state index is -0.220. The van der Waals surface area contributed by atoms with Crippen molar-refractivity contribution in [3.05, 3.63) is 41.7 Å². The van der Waals surface area contributed by atoms with Crippen LogP contribution in [0.25, 0.3) is 0 Å². The van der Waals surface area contributed by atoms with E-state index in [-0.39, 0.29) is 17.1 Å². The maximum atomic E-state index is 12.9. The van der Waals surface area contributed by atoms with Gasteiger partial charge < -0.3 is 10.2 Å². The van der Waals surface area contributed by atoms with Gasteiger partial charge in [0.15, 0.2) is 0 Å². The van der Waals surface area contributed by atoms with E-state index in [1.54, 1.807) is 12.1 Å². The van der Waals surface area contributed by atoms with E-state index < -0.39 is 0 Å². The Morgan fingerprint density at radius 3 is 2.80 bits per heavy atom. The molecule has 2 aromatic rings. The zero-order chi connectivity index (χ0) is 13.9. The summed E-state index contributed by atoms with van der Waals surface area (Å²) in [6.45, 7) is 1.72. The first-order valence-corrected chi connectivity index (χ1v) is 6.70. The van der Waals surface area contributed by atoms with Gasteiger partial charge in [0.2, 0.25) is 11.2 Å². The van der Waals surface area contributed by atoms with Gasteiger partial charge in [-0.05, 0) is 42.3 Å². The van der Waals surface area contributed by atoms with Crippen molar-refractivity contribution in [2.75, 3.05) is 23.3 Å². The fourth-order valence-electron chi connectivity index (χ4n) is 2.29. The zero-order valence-electron chi connectivity index (χ0n) is 10.6. The van der Waals surface area contributed by atoms with Crippen LogP contribution in [0.4, 0.5) is 16.0 Å². The third kappa shape index (κ3) is 2.96. The van der Waals surface area contributed by atoms with Crippen molar-refractivity contribution in [1.29, 1.82) is 0 Å². The van der Waals surface area contributed by atoms with Crippen LogP contribution in [0.3, 0.4) is 0 Å². The molecule has 0 aliphatic carbocycles. The minimum Gasteiger partial charge on any atom is -0.369 e. The monoisotopic (exact) mass is 293 g/mol. The third-order valence-corrected chi connectivity index (χ3v) is 3.44. The van der Waals surface area contributed by atoms with Crippen molar-refractivity contribution in [3.63, 3.8) is 0 Å². The van der Waals surface area contributed by atoms with E-state index in [2.05, 4.69) is 25.2 Å². The molecule has 5 nitrogen and oxygen atoms in total. The summed E-state index contributed by atoms with van der Waals surface area (Å²) >= 11 is 5.72. The Labute approximate surface area is 120 Å². The van der Waals surface area contributed by atoms with Gasteiger partial charge in [-0.1, -0.05) is 0 Å². The summed E-state index contributed by atoms with van der Waals surface area (Å²) < 4.78 is 12.9. The van der Waals surface area contributed by atoms with Gasteiger partial charge in [-0.15, -0.1) is 0 Å². The molecule has 0 spiro atoms. The second-order valence-electron chi connectivity index (χ2n) is 4.63. The largest absolute Gasteiger partial charge is 0.369 e. The van der Waals surface area contributed by atoms with Gasteiger partial charge in [-0.3, -0.25) is 0 Å². The Bertz CT molecular complexity index is 592. The number of aromatic nitrogens is 3. The van der Waals surface area contributed by atoms with Crippen LogP contribution < -0.4 is 10.2 Å². The molecule has 3 rings (SSSR count). The summed E-state index contributed by atoms with van der Waals surface area (Å²) in [4.78, 5) is 14.0. The van der Waals surface area contributed by atoms with Gasteiger partial charge in [0, 0.05) is 24.8 Å². The zero-order valence-corrected chi connectivity index (χ0v) is 11.4. The first-order valence-electron chi connectivity index (χ1n) is 6.32. The second-order valence-corrected chi connectivity index (χ2v) is 4.97. The summed E-state index contributed by atoms with van der Waals surface area (Å²) in [5.74, 6) is 0.262. The predicted octanol–water partition coefficient (Wildman–Crippen LogP) is 2.35. The Kier molecular flexibility index (Phi) is 3.64. The molecular formula is C13H13ClFN5. The van der Waals surface area contributed by atoms with E-state index in [0.717, 1.165) is 25.2 Å². The Balaban J connectivity index is 1.63. The van der Waals surface area contributed by atoms with Crippen LogP contribution in [-0.4, -0.2) is 34.1 Å². The van der Waals surface area contributed by atoms with Crippen molar-refractivity contribution < 1.29 is 4.39 Å². The highest BCUT2D eigenvalue weighted by atomic mass is 35.5. The van der Waals surface area contributed by atoms with E-state index in [0.29, 0.717) is 5.95 Å². The summed E-state index contributed by atoms with van der Waals surface area (Å²) in [5, 5.41) is 3.41. The van der Waals surface area contributed by atoms with Gasteiger partial charge in [-0.25, -0.2) is 14.4 Å². The molecule has 7 heteroatoms. The Hall–Kier alpha value is -1.95. The van der Waals surface area contributed by atoms with Gasteiger partial charge in [-0.2, -0.15) is 4.98 Å². The lowest BCUT2D eigenvalue weighted by Gasteiger charge is -2.19. The maximum Gasteiger partial charge on any atom is 0.227 e. The number of anilines is 2. The fourth-order valence-corrected chi connectivity index (χ4v) is 2.42. The molecule has 1 aliphatic heterocycles. The molecular weight excluding hydrogens is 281 g/mol. The Morgan fingerprint density at radius 1 is 1.25 bits per heavy atom. The number of halogens is 2. The van der Waals surface area contributed by atoms with E-state index >= 15 is 0 Å². The molecule has 1 aromatic carbocycles. The third-order valence-electron chi connectivity index (χ3n) is 3.26. The van der Waals surface area contributed by atoms with Crippen molar-refractivity contribution in [2.45, 2.75) is 12.5 Å². The number of rotatable bonds is 3. The van der Waals surface area contributed by atoms with Crippen LogP contribution in [0.1, 0.15) is 6.42 Å². The van der Waals surface area contributed by atoms with E-state index in [9.17, 15) is 4.39 Å². The maximum absolute atomic E-state index is 12.9. The van der Waals surface area contributed by atoms with E-state index in [1.807, 2.05) is 0 Å². The van der Waals surface area contributed by atoms with Crippen LogP contribution in [-0.2, 0) is 0 Å². The highest BCUT2D eigenvalue weighted by molar-refractivity contribution is 6.28. The van der Waals surface area contributed by atoms with Crippen molar-refractivity contribution in [2.24, 2.45) is 0 Å². The summed E-state index contributed by atoms with van der Waals surface area (Å²) in [6.07, 6.45) is 2.34. The number of nitrogens with zero attached hydrogens (tertiary/aromatic N) is 4.